The summed E-state index contributed by atoms with van der Waals surface area (Å²) in [6, 6.07) is 14.7. The van der Waals surface area contributed by atoms with Crippen LogP contribution in [-0.4, -0.2) is 8.07 Å². The van der Waals surface area contributed by atoms with Gasteiger partial charge in [-0.1, -0.05) is 51.0 Å². The van der Waals surface area contributed by atoms with Crippen LogP contribution in [0.2, 0.25) is 0 Å². The van der Waals surface area contributed by atoms with Gasteiger partial charge < -0.3 is 0 Å². The van der Waals surface area contributed by atoms with Gasteiger partial charge in [-0.05, 0) is 58.9 Å². The molecular weight excluding hydrogens is 445 g/mol. The van der Waals surface area contributed by atoms with Crippen LogP contribution in [0.5, 0.6) is 0 Å². The molecule has 0 fully saturated rings. The first-order chi connectivity index (χ1) is 14.3. The molecule has 0 N–H and O–H groups in total. The van der Waals surface area contributed by atoms with Crippen molar-refractivity contribution in [2.24, 2.45) is 0 Å². The number of hydrogen-bond acceptors (Lipinski definition) is 4. The molecule has 4 aromatic heterocycles. The van der Waals surface area contributed by atoms with E-state index in [1.165, 1.54) is 38.5 Å². The Morgan fingerprint density at radius 3 is 1.59 bits per heavy atom. The zero-order valence-corrected chi connectivity index (χ0v) is 21.3. The molecule has 1 aliphatic rings. The molecular formula is C24H26S4Si. The summed E-state index contributed by atoms with van der Waals surface area (Å²) in [6.45, 7) is 4.58. The van der Waals surface area contributed by atoms with Gasteiger partial charge in [0.15, 0.2) is 0 Å². The van der Waals surface area contributed by atoms with Crippen LogP contribution in [0.4, 0.5) is 0 Å². The minimum absolute atomic E-state index is 1.23. The van der Waals surface area contributed by atoms with E-state index >= 15 is 0 Å². The summed E-state index contributed by atoms with van der Waals surface area (Å²) in [5, 5.41) is 7.95. The summed E-state index contributed by atoms with van der Waals surface area (Å²) >= 11 is 8.10. The Morgan fingerprint density at radius 1 is 0.655 bits per heavy atom. The minimum Gasteiger partial charge on any atom is -0.149 e. The smallest absolute Gasteiger partial charge is 0.149 e. The van der Waals surface area contributed by atoms with Crippen molar-refractivity contribution in [3.8, 4) is 9.75 Å². The molecule has 5 heteroatoms. The zero-order chi connectivity index (χ0) is 19.8. The largest absolute Gasteiger partial charge is 0.204 e. The summed E-state index contributed by atoms with van der Waals surface area (Å²) in [7, 11) is -2.10. The molecule has 0 atom stereocenters. The number of hydrogen-bond donors (Lipinski definition) is 0. The Balaban J connectivity index is 1.70. The van der Waals surface area contributed by atoms with Gasteiger partial charge in [-0.15, -0.1) is 45.3 Å². The second-order valence-corrected chi connectivity index (χ2v) is 16.4. The molecule has 29 heavy (non-hydrogen) atoms. The molecule has 0 saturated carbocycles. The average molecular weight is 471 g/mol. The molecule has 150 valence electrons. The van der Waals surface area contributed by atoms with Gasteiger partial charge in [-0.25, -0.2) is 0 Å². The minimum atomic E-state index is -2.10. The molecule has 1 aliphatic heterocycles. The standard InChI is InChI=1S/C24H26S4Si/c1-3-5-7-17-9-11-21(27-17)29(22-12-10-18(28-22)8-6-4-2)19-13-15-25-23(19)24-20(29)14-16-26-24/h9-16H,3-8H2,1-2H3. The van der Waals surface area contributed by atoms with Crippen LogP contribution in [0.25, 0.3) is 9.75 Å². The molecule has 0 nitrogen and oxygen atoms in total. The second-order valence-electron chi connectivity index (χ2n) is 7.82. The van der Waals surface area contributed by atoms with Gasteiger partial charge in [0.2, 0.25) is 8.07 Å². The number of thiophene rings is 4. The molecule has 0 aliphatic carbocycles. The lowest BCUT2D eigenvalue weighted by atomic mass is 10.2. The molecule has 0 radical (unpaired) electrons. The van der Waals surface area contributed by atoms with E-state index < -0.39 is 8.07 Å². The molecule has 4 aromatic rings. The van der Waals surface area contributed by atoms with Gasteiger partial charge in [0.1, 0.15) is 0 Å². The van der Waals surface area contributed by atoms with E-state index in [1.807, 2.05) is 22.7 Å². The molecule has 0 unspecified atom stereocenters. The van der Waals surface area contributed by atoms with E-state index in [2.05, 4.69) is 83.7 Å². The Bertz CT molecular complexity index is 1020. The highest BCUT2D eigenvalue weighted by molar-refractivity contribution is 7.46. The predicted octanol–water partition coefficient (Wildman–Crippen LogP) is 5.98. The van der Waals surface area contributed by atoms with E-state index in [1.54, 1.807) is 38.9 Å². The monoisotopic (exact) mass is 470 g/mol. The van der Waals surface area contributed by atoms with Crippen molar-refractivity contribution in [1.29, 1.82) is 0 Å². The molecule has 0 bridgehead atoms. The zero-order valence-electron chi connectivity index (χ0n) is 17.0. The van der Waals surface area contributed by atoms with Crippen molar-refractivity contribution >= 4 is 72.8 Å². The van der Waals surface area contributed by atoms with E-state index in [4.69, 9.17) is 0 Å². The topological polar surface area (TPSA) is 0 Å². The quantitative estimate of drug-likeness (QED) is 0.245. The van der Waals surface area contributed by atoms with E-state index in [0.717, 1.165) is 0 Å². The Labute approximate surface area is 190 Å². The fourth-order valence-electron chi connectivity index (χ4n) is 4.49. The van der Waals surface area contributed by atoms with E-state index in [-0.39, 0.29) is 0 Å². The summed E-state index contributed by atoms with van der Waals surface area (Å²) in [5.41, 5.74) is 0. The molecule has 0 aromatic carbocycles. The lowest BCUT2D eigenvalue weighted by Gasteiger charge is -2.26. The van der Waals surface area contributed by atoms with Crippen LogP contribution >= 0.6 is 45.3 Å². The highest BCUT2D eigenvalue weighted by Crippen LogP contribution is 2.37. The van der Waals surface area contributed by atoms with Crippen LogP contribution in [0, 0.1) is 0 Å². The number of fused-ring (bicyclic) bond motifs is 3. The second kappa shape index (κ2) is 8.27. The summed E-state index contributed by atoms with van der Waals surface area (Å²) in [5.74, 6) is 0. The number of rotatable bonds is 8. The highest BCUT2D eigenvalue weighted by atomic mass is 32.1. The normalized spacial score (nSPS) is 14.3. The maximum Gasteiger partial charge on any atom is 0.204 e. The summed E-state index contributed by atoms with van der Waals surface area (Å²) in [6.07, 6.45) is 7.58. The van der Waals surface area contributed by atoms with Crippen molar-refractivity contribution in [3.05, 3.63) is 56.9 Å². The maximum atomic E-state index is 2.49. The fraction of sp³-hybridized carbons (Fsp3) is 0.333. The molecule has 0 saturated heterocycles. The molecule has 5 rings (SSSR count). The van der Waals surface area contributed by atoms with Gasteiger partial charge in [0, 0.05) is 28.5 Å². The molecule has 0 amide bonds. The fourth-order valence-corrected chi connectivity index (χ4v) is 17.6. The maximum absolute atomic E-state index is 2.49. The Hall–Kier alpha value is -0.983. The Kier molecular flexibility index (Phi) is 5.69. The van der Waals surface area contributed by atoms with Crippen LogP contribution in [0.1, 0.15) is 49.3 Å². The molecule has 5 heterocycles. The van der Waals surface area contributed by atoms with Gasteiger partial charge in [0.05, 0.1) is 0 Å². The third kappa shape index (κ3) is 3.17. The summed E-state index contributed by atoms with van der Waals surface area (Å²) < 4.78 is 3.29. The van der Waals surface area contributed by atoms with Crippen molar-refractivity contribution in [3.63, 3.8) is 0 Å². The van der Waals surface area contributed by atoms with Gasteiger partial charge >= 0.3 is 0 Å². The number of unbranched alkanes of at least 4 members (excludes halogenated alkanes) is 2. The first-order valence-corrected chi connectivity index (χ1v) is 16.0. The van der Waals surface area contributed by atoms with Gasteiger partial charge in [0.25, 0.3) is 0 Å². The summed E-state index contributed by atoms with van der Waals surface area (Å²) in [4.78, 5) is 6.23. The number of aryl methyl sites for hydroxylation is 2. The van der Waals surface area contributed by atoms with Crippen molar-refractivity contribution in [1.82, 2.24) is 0 Å². The first-order valence-electron chi connectivity index (χ1n) is 10.6. The lowest BCUT2D eigenvalue weighted by molar-refractivity contribution is 0.804. The first kappa shape index (κ1) is 19.9. The van der Waals surface area contributed by atoms with E-state index in [0.29, 0.717) is 0 Å². The lowest BCUT2D eigenvalue weighted by Crippen LogP contribution is -2.71. The van der Waals surface area contributed by atoms with Gasteiger partial charge in [-0.3, -0.25) is 0 Å². The van der Waals surface area contributed by atoms with Crippen molar-refractivity contribution in [2.75, 3.05) is 0 Å². The third-order valence-corrected chi connectivity index (χ3v) is 16.9. The van der Waals surface area contributed by atoms with Crippen molar-refractivity contribution in [2.45, 2.75) is 52.4 Å². The Morgan fingerprint density at radius 2 is 1.14 bits per heavy atom. The van der Waals surface area contributed by atoms with Crippen LogP contribution in [-0.2, 0) is 12.8 Å². The van der Waals surface area contributed by atoms with Gasteiger partial charge in [-0.2, -0.15) is 0 Å². The van der Waals surface area contributed by atoms with Crippen LogP contribution < -0.4 is 19.4 Å². The average Bonchev–Trinajstić information content (AvgIpc) is 3.53. The SMILES string of the molecule is CCCCc1ccc([Si]2(c3ccc(CCCC)s3)c3ccsc3-c3sccc32)s1. The molecule has 0 spiro atoms. The van der Waals surface area contributed by atoms with Crippen LogP contribution in [0.3, 0.4) is 0 Å². The van der Waals surface area contributed by atoms with Crippen LogP contribution in [0.15, 0.2) is 47.2 Å². The van der Waals surface area contributed by atoms with Crippen molar-refractivity contribution < 1.29 is 0 Å². The van der Waals surface area contributed by atoms with E-state index in [9.17, 15) is 0 Å². The predicted molar refractivity (Wildman–Crippen MR) is 138 cm³/mol. The third-order valence-electron chi connectivity index (χ3n) is 5.96. The highest BCUT2D eigenvalue weighted by Gasteiger charge is 2.52.